The van der Waals surface area contributed by atoms with Gasteiger partial charge in [0.15, 0.2) is 0 Å². The molecule has 0 heterocycles. The van der Waals surface area contributed by atoms with Crippen molar-refractivity contribution < 1.29 is 5.11 Å². The molecule has 0 rings (SSSR count). The molecule has 1 heteroatoms. The summed E-state index contributed by atoms with van der Waals surface area (Å²) in [5, 5.41) is 8.68. The summed E-state index contributed by atoms with van der Waals surface area (Å²) in [5.74, 6) is 5.57. The number of hydrogen-bond acceptors (Lipinski definition) is 1. The van der Waals surface area contributed by atoms with Crippen LogP contribution in [0, 0.1) is 11.8 Å². The quantitative estimate of drug-likeness (QED) is 0.439. The van der Waals surface area contributed by atoms with Crippen molar-refractivity contribution in [3.8, 4) is 11.8 Å². The van der Waals surface area contributed by atoms with E-state index in [1.165, 1.54) is 6.42 Å². The maximum atomic E-state index is 8.68. The van der Waals surface area contributed by atoms with E-state index in [-0.39, 0.29) is 0 Å². The Labute approximate surface area is 57.1 Å². The molecule has 0 spiro atoms. The second-order valence-corrected chi connectivity index (χ2v) is 2.10. The zero-order valence-corrected chi connectivity index (χ0v) is 6.15. The van der Waals surface area contributed by atoms with Gasteiger partial charge < -0.3 is 5.11 Å². The van der Waals surface area contributed by atoms with E-state index in [0.29, 0.717) is 0 Å². The van der Waals surface area contributed by atoms with E-state index in [9.17, 15) is 0 Å². The lowest BCUT2D eigenvalue weighted by Crippen LogP contribution is -1.92. The molecular formula is C8H14O. The van der Waals surface area contributed by atoms with Crippen molar-refractivity contribution in [1.29, 1.82) is 0 Å². The summed E-state index contributed by atoms with van der Waals surface area (Å²) in [5.41, 5.74) is 0. The maximum Gasteiger partial charge on any atom is 0.111 e. The first-order chi connectivity index (χ1) is 4.27. The Morgan fingerprint density at radius 2 is 2.22 bits per heavy atom. The summed E-state index contributed by atoms with van der Waals surface area (Å²) in [6.07, 6.45) is 2.78. The van der Waals surface area contributed by atoms with Gasteiger partial charge in [-0.2, -0.15) is 0 Å². The Hall–Kier alpha value is -0.480. The van der Waals surface area contributed by atoms with E-state index in [1.807, 2.05) is 0 Å². The third-order valence-electron chi connectivity index (χ3n) is 0.966. The number of rotatable bonds is 2. The van der Waals surface area contributed by atoms with Crippen LogP contribution in [0.3, 0.4) is 0 Å². The molecule has 0 saturated heterocycles. The van der Waals surface area contributed by atoms with Gasteiger partial charge in [-0.3, -0.25) is 0 Å². The van der Waals surface area contributed by atoms with Crippen molar-refractivity contribution in [1.82, 2.24) is 0 Å². The van der Waals surface area contributed by atoms with Gasteiger partial charge in [0.25, 0.3) is 0 Å². The smallest absolute Gasteiger partial charge is 0.111 e. The molecule has 0 aromatic heterocycles. The molecule has 0 amide bonds. The van der Waals surface area contributed by atoms with Crippen molar-refractivity contribution in [3.05, 3.63) is 0 Å². The standard InChI is InChI=1S/C8H14O/c1-3-4-5-6-7-8(2)9/h8-9H,3-5H2,1-2H3/t8-/m0/s1. The molecule has 9 heavy (non-hydrogen) atoms. The molecule has 52 valence electrons. The van der Waals surface area contributed by atoms with Crippen LogP contribution in [0.5, 0.6) is 0 Å². The summed E-state index contributed by atoms with van der Waals surface area (Å²) >= 11 is 0. The van der Waals surface area contributed by atoms with Gasteiger partial charge in [0, 0.05) is 6.42 Å². The topological polar surface area (TPSA) is 20.2 Å². The van der Waals surface area contributed by atoms with Crippen LogP contribution >= 0.6 is 0 Å². The average Bonchev–Trinajstić information content (AvgIpc) is 1.80. The highest BCUT2D eigenvalue weighted by molar-refractivity contribution is 5.02. The highest BCUT2D eigenvalue weighted by atomic mass is 16.3. The Balaban J connectivity index is 3.16. The van der Waals surface area contributed by atoms with Crippen LogP contribution in [0.2, 0.25) is 0 Å². The van der Waals surface area contributed by atoms with Crippen LogP contribution in [0.4, 0.5) is 0 Å². The minimum Gasteiger partial charge on any atom is -0.381 e. The average molecular weight is 126 g/mol. The molecule has 1 nitrogen and oxygen atoms in total. The van der Waals surface area contributed by atoms with E-state index >= 15 is 0 Å². The molecule has 0 aliphatic carbocycles. The molecule has 0 saturated carbocycles. The predicted molar refractivity (Wildman–Crippen MR) is 39.0 cm³/mol. The molecule has 0 aromatic carbocycles. The van der Waals surface area contributed by atoms with Gasteiger partial charge in [-0.1, -0.05) is 19.3 Å². The fourth-order valence-electron chi connectivity index (χ4n) is 0.485. The molecule has 0 radical (unpaired) electrons. The molecule has 0 aromatic rings. The largest absolute Gasteiger partial charge is 0.381 e. The lowest BCUT2D eigenvalue weighted by molar-refractivity contribution is 0.253. The number of hydrogen-bond donors (Lipinski definition) is 1. The first-order valence-electron chi connectivity index (χ1n) is 3.43. The Kier molecular flexibility index (Phi) is 5.35. The summed E-state index contributed by atoms with van der Waals surface area (Å²) in [4.78, 5) is 0. The van der Waals surface area contributed by atoms with Crippen molar-refractivity contribution in [2.24, 2.45) is 0 Å². The van der Waals surface area contributed by atoms with Crippen molar-refractivity contribution in [2.45, 2.75) is 39.2 Å². The summed E-state index contributed by atoms with van der Waals surface area (Å²) in [7, 11) is 0. The van der Waals surface area contributed by atoms with Crippen LogP contribution in [-0.4, -0.2) is 11.2 Å². The van der Waals surface area contributed by atoms with Crippen LogP contribution in [0.25, 0.3) is 0 Å². The maximum absolute atomic E-state index is 8.68. The van der Waals surface area contributed by atoms with Gasteiger partial charge in [-0.25, -0.2) is 0 Å². The van der Waals surface area contributed by atoms with Crippen molar-refractivity contribution >= 4 is 0 Å². The molecule has 0 aliphatic rings. The van der Waals surface area contributed by atoms with Gasteiger partial charge in [0.2, 0.25) is 0 Å². The summed E-state index contributed by atoms with van der Waals surface area (Å²) in [6, 6.07) is 0. The molecule has 1 N–H and O–H groups in total. The highest BCUT2D eigenvalue weighted by Crippen LogP contribution is 1.90. The normalized spacial score (nSPS) is 11.9. The lowest BCUT2D eigenvalue weighted by Gasteiger charge is -1.87. The van der Waals surface area contributed by atoms with Gasteiger partial charge in [0.05, 0.1) is 0 Å². The van der Waals surface area contributed by atoms with Crippen molar-refractivity contribution in [2.75, 3.05) is 0 Å². The summed E-state index contributed by atoms with van der Waals surface area (Å²) in [6.45, 7) is 3.81. The Morgan fingerprint density at radius 3 is 2.67 bits per heavy atom. The van der Waals surface area contributed by atoms with E-state index < -0.39 is 6.10 Å². The predicted octanol–water partition coefficient (Wildman–Crippen LogP) is 1.56. The zero-order valence-electron chi connectivity index (χ0n) is 6.15. The van der Waals surface area contributed by atoms with Crippen LogP contribution in [0.1, 0.15) is 33.1 Å². The summed E-state index contributed by atoms with van der Waals surface area (Å²) < 4.78 is 0. The SMILES string of the molecule is CCCCC#C[C@H](C)O. The fourth-order valence-corrected chi connectivity index (χ4v) is 0.485. The van der Waals surface area contributed by atoms with Crippen LogP contribution < -0.4 is 0 Å². The van der Waals surface area contributed by atoms with Crippen molar-refractivity contribution in [3.63, 3.8) is 0 Å². The fraction of sp³-hybridized carbons (Fsp3) is 0.750. The first-order valence-corrected chi connectivity index (χ1v) is 3.43. The third-order valence-corrected chi connectivity index (χ3v) is 0.966. The van der Waals surface area contributed by atoms with Crippen LogP contribution in [-0.2, 0) is 0 Å². The third kappa shape index (κ3) is 7.52. The van der Waals surface area contributed by atoms with E-state index in [1.54, 1.807) is 6.92 Å². The number of unbranched alkanes of at least 4 members (excludes halogenated alkanes) is 2. The minimum absolute atomic E-state index is 0.457. The highest BCUT2D eigenvalue weighted by Gasteiger charge is 1.81. The molecule has 0 fully saturated rings. The van der Waals surface area contributed by atoms with Gasteiger partial charge in [-0.15, -0.1) is 5.92 Å². The number of aliphatic hydroxyl groups excluding tert-OH is 1. The molecule has 1 atom stereocenters. The van der Waals surface area contributed by atoms with Gasteiger partial charge in [0.1, 0.15) is 6.10 Å². The molecule has 0 bridgehead atoms. The lowest BCUT2D eigenvalue weighted by atomic mass is 10.2. The van der Waals surface area contributed by atoms with Gasteiger partial charge >= 0.3 is 0 Å². The van der Waals surface area contributed by atoms with Gasteiger partial charge in [-0.05, 0) is 13.3 Å². The second kappa shape index (κ2) is 5.65. The molecule has 0 aliphatic heterocycles. The Morgan fingerprint density at radius 1 is 1.56 bits per heavy atom. The van der Waals surface area contributed by atoms with E-state index in [2.05, 4.69) is 18.8 Å². The molecular weight excluding hydrogens is 112 g/mol. The monoisotopic (exact) mass is 126 g/mol. The van der Waals surface area contributed by atoms with E-state index in [0.717, 1.165) is 12.8 Å². The molecule has 0 unspecified atom stereocenters. The minimum atomic E-state index is -0.457. The van der Waals surface area contributed by atoms with E-state index in [4.69, 9.17) is 5.11 Å². The first kappa shape index (κ1) is 8.52. The second-order valence-electron chi connectivity index (χ2n) is 2.10. The number of aliphatic hydroxyl groups is 1. The Bertz CT molecular complexity index is 105. The van der Waals surface area contributed by atoms with Crippen LogP contribution in [0.15, 0.2) is 0 Å². The zero-order chi connectivity index (χ0) is 7.11.